The summed E-state index contributed by atoms with van der Waals surface area (Å²) < 4.78 is 21.4. The average molecular weight is 297 g/mol. The number of hydrogen-bond acceptors (Lipinski definition) is 2. The summed E-state index contributed by atoms with van der Waals surface area (Å²) in [5, 5.41) is 0. The van der Waals surface area contributed by atoms with Crippen molar-refractivity contribution in [2.75, 3.05) is 6.61 Å². The quantitative estimate of drug-likeness (QED) is 0.782. The fourth-order valence-electron chi connectivity index (χ4n) is 3.04. The Bertz CT molecular complexity index is 638. The van der Waals surface area contributed by atoms with E-state index in [-0.39, 0.29) is 17.5 Å². The predicted octanol–water partition coefficient (Wildman–Crippen LogP) is 4.04. The molecule has 0 saturated carbocycles. The number of halogens is 2. The van der Waals surface area contributed by atoms with Crippen molar-refractivity contribution in [3.05, 3.63) is 29.8 Å². The van der Waals surface area contributed by atoms with Gasteiger partial charge in [0.25, 0.3) is 0 Å². The van der Waals surface area contributed by atoms with Crippen molar-refractivity contribution >= 4 is 22.6 Å². The van der Waals surface area contributed by atoms with Crippen LogP contribution in [0.5, 0.6) is 0 Å². The smallest absolute Gasteiger partial charge is 0.125 e. The van der Waals surface area contributed by atoms with Crippen molar-refractivity contribution in [3.8, 4) is 0 Å². The van der Waals surface area contributed by atoms with E-state index in [4.69, 9.17) is 16.3 Å². The maximum atomic E-state index is 13.6. The van der Waals surface area contributed by atoms with Gasteiger partial charge in [-0.25, -0.2) is 9.37 Å². The molecule has 1 fully saturated rings. The van der Waals surface area contributed by atoms with Gasteiger partial charge in [-0.05, 0) is 44.9 Å². The van der Waals surface area contributed by atoms with Crippen LogP contribution in [0.2, 0.25) is 0 Å². The standard InChI is InChI=1S/C15H18ClFN2O/c1-15(2)8-11(5-6-20-15)19-13-7-10(17)3-4-12(13)18-14(19)9-16/h3-4,7,11H,5-6,8-9H2,1-2H3. The molecule has 108 valence electrons. The number of imidazole rings is 1. The van der Waals surface area contributed by atoms with Gasteiger partial charge in [0.05, 0.1) is 22.5 Å². The molecule has 0 N–H and O–H groups in total. The summed E-state index contributed by atoms with van der Waals surface area (Å²) in [5.41, 5.74) is 1.45. The molecule has 1 aromatic carbocycles. The van der Waals surface area contributed by atoms with E-state index in [1.165, 1.54) is 6.07 Å². The van der Waals surface area contributed by atoms with E-state index >= 15 is 0 Å². The molecule has 1 unspecified atom stereocenters. The Labute approximate surface area is 122 Å². The van der Waals surface area contributed by atoms with Gasteiger partial charge in [-0.1, -0.05) is 0 Å². The maximum Gasteiger partial charge on any atom is 0.125 e. The Balaban J connectivity index is 2.11. The third kappa shape index (κ3) is 2.42. The van der Waals surface area contributed by atoms with Crippen LogP contribution in [-0.4, -0.2) is 21.8 Å². The Morgan fingerprint density at radius 2 is 2.30 bits per heavy atom. The number of benzene rings is 1. The summed E-state index contributed by atoms with van der Waals surface area (Å²) >= 11 is 6.03. The molecular formula is C15H18ClFN2O. The molecule has 1 atom stereocenters. The van der Waals surface area contributed by atoms with Gasteiger partial charge in [0, 0.05) is 12.6 Å². The lowest BCUT2D eigenvalue weighted by molar-refractivity contribution is -0.0688. The summed E-state index contributed by atoms with van der Waals surface area (Å²) in [5.74, 6) is 0.884. The molecule has 0 bridgehead atoms. The molecule has 20 heavy (non-hydrogen) atoms. The SMILES string of the molecule is CC1(C)CC(n2c(CCl)nc3ccc(F)cc32)CCO1. The molecule has 1 aromatic heterocycles. The van der Waals surface area contributed by atoms with E-state index in [2.05, 4.69) is 23.4 Å². The molecule has 3 rings (SSSR count). The van der Waals surface area contributed by atoms with Crippen LogP contribution in [0.4, 0.5) is 4.39 Å². The fourth-order valence-corrected chi connectivity index (χ4v) is 3.23. The summed E-state index contributed by atoms with van der Waals surface area (Å²) in [6.07, 6.45) is 1.77. The van der Waals surface area contributed by atoms with Crippen LogP contribution >= 0.6 is 11.6 Å². The minimum atomic E-state index is -0.244. The highest BCUT2D eigenvalue weighted by atomic mass is 35.5. The zero-order valence-corrected chi connectivity index (χ0v) is 12.5. The normalized spacial score (nSPS) is 22.3. The van der Waals surface area contributed by atoms with Gasteiger partial charge < -0.3 is 9.30 Å². The Hall–Kier alpha value is -1.13. The van der Waals surface area contributed by atoms with E-state index in [9.17, 15) is 4.39 Å². The molecule has 0 aliphatic carbocycles. The van der Waals surface area contributed by atoms with E-state index in [0.717, 1.165) is 29.7 Å². The van der Waals surface area contributed by atoms with E-state index in [1.54, 1.807) is 12.1 Å². The molecule has 1 saturated heterocycles. The van der Waals surface area contributed by atoms with E-state index in [0.29, 0.717) is 12.5 Å². The molecule has 5 heteroatoms. The second-order valence-corrected chi connectivity index (χ2v) is 6.19. The molecule has 0 spiro atoms. The third-order valence-corrected chi connectivity index (χ3v) is 4.12. The lowest BCUT2D eigenvalue weighted by Crippen LogP contribution is -2.35. The summed E-state index contributed by atoms with van der Waals surface area (Å²) in [6.45, 7) is 4.87. The lowest BCUT2D eigenvalue weighted by atomic mass is 9.93. The molecule has 2 aromatic rings. The van der Waals surface area contributed by atoms with Gasteiger partial charge in [-0.3, -0.25) is 0 Å². The van der Waals surface area contributed by atoms with Crippen LogP contribution in [0.3, 0.4) is 0 Å². The van der Waals surface area contributed by atoms with Crippen molar-refractivity contribution in [1.29, 1.82) is 0 Å². The molecule has 1 aliphatic rings. The number of aromatic nitrogens is 2. The number of fused-ring (bicyclic) bond motifs is 1. The van der Waals surface area contributed by atoms with Crippen LogP contribution in [-0.2, 0) is 10.6 Å². The minimum Gasteiger partial charge on any atom is -0.375 e. The van der Waals surface area contributed by atoms with Crippen LogP contribution in [0.25, 0.3) is 11.0 Å². The van der Waals surface area contributed by atoms with Crippen molar-refractivity contribution in [2.24, 2.45) is 0 Å². The van der Waals surface area contributed by atoms with Gasteiger partial charge >= 0.3 is 0 Å². The summed E-state index contributed by atoms with van der Waals surface area (Å²) in [7, 11) is 0. The molecule has 1 aliphatic heterocycles. The predicted molar refractivity (Wildman–Crippen MR) is 77.6 cm³/mol. The monoisotopic (exact) mass is 296 g/mol. The van der Waals surface area contributed by atoms with E-state index in [1.807, 2.05) is 0 Å². The average Bonchev–Trinajstić information content (AvgIpc) is 2.75. The second kappa shape index (κ2) is 5.01. The van der Waals surface area contributed by atoms with Crippen molar-refractivity contribution in [2.45, 2.75) is 44.2 Å². The maximum absolute atomic E-state index is 13.6. The first-order valence-electron chi connectivity index (χ1n) is 6.86. The van der Waals surface area contributed by atoms with Gasteiger partial charge in [-0.2, -0.15) is 0 Å². The van der Waals surface area contributed by atoms with Crippen LogP contribution in [0.15, 0.2) is 18.2 Å². The largest absolute Gasteiger partial charge is 0.375 e. The molecule has 2 heterocycles. The molecule has 3 nitrogen and oxygen atoms in total. The number of rotatable bonds is 2. The van der Waals surface area contributed by atoms with Gasteiger partial charge in [0.15, 0.2) is 0 Å². The van der Waals surface area contributed by atoms with Gasteiger partial charge in [-0.15, -0.1) is 11.6 Å². The number of alkyl halides is 1. The zero-order chi connectivity index (χ0) is 14.3. The van der Waals surface area contributed by atoms with Crippen LogP contribution < -0.4 is 0 Å². The van der Waals surface area contributed by atoms with Crippen molar-refractivity contribution in [1.82, 2.24) is 9.55 Å². The van der Waals surface area contributed by atoms with Crippen molar-refractivity contribution < 1.29 is 9.13 Å². The Morgan fingerprint density at radius 3 is 3.00 bits per heavy atom. The lowest BCUT2D eigenvalue weighted by Gasteiger charge is -2.36. The number of nitrogens with zero attached hydrogens (tertiary/aromatic N) is 2. The topological polar surface area (TPSA) is 27.1 Å². The first kappa shape index (κ1) is 13.8. The summed E-state index contributed by atoms with van der Waals surface area (Å²) in [4.78, 5) is 4.52. The highest BCUT2D eigenvalue weighted by molar-refractivity contribution is 6.16. The van der Waals surface area contributed by atoms with Crippen LogP contribution in [0, 0.1) is 5.82 Å². The fraction of sp³-hybridized carbons (Fsp3) is 0.533. The first-order valence-corrected chi connectivity index (χ1v) is 7.40. The van der Waals surface area contributed by atoms with Crippen molar-refractivity contribution in [3.63, 3.8) is 0 Å². The minimum absolute atomic E-state index is 0.170. The Kier molecular flexibility index (Phi) is 3.46. The second-order valence-electron chi connectivity index (χ2n) is 5.92. The molecular weight excluding hydrogens is 279 g/mol. The van der Waals surface area contributed by atoms with Crippen LogP contribution in [0.1, 0.15) is 38.6 Å². The number of hydrogen-bond donors (Lipinski definition) is 0. The van der Waals surface area contributed by atoms with Gasteiger partial charge in [0.1, 0.15) is 11.6 Å². The Morgan fingerprint density at radius 1 is 1.50 bits per heavy atom. The third-order valence-electron chi connectivity index (χ3n) is 3.88. The highest BCUT2D eigenvalue weighted by Gasteiger charge is 2.31. The molecule has 0 amide bonds. The number of ether oxygens (including phenoxy) is 1. The summed E-state index contributed by atoms with van der Waals surface area (Å²) in [6, 6.07) is 4.94. The molecule has 0 radical (unpaired) electrons. The highest BCUT2D eigenvalue weighted by Crippen LogP contribution is 2.35. The van der Waals surface area contributed by atoms with Gasteiger partial charge in [0.2, 0.25) is 0 Å². The zero-order valence-electron chi connectivity index (χ0n) is 11.7. The van der Waals surface area contributed by atoms with E-state index < -0.39 is 0 Å². The first-order chi connectivity index (χ1) is 9.50.